The predicted octanol–water partition coefficient (Wildman–Crippen LogP) is 3.13. The van der Waals surface area contributed by atoms with E-state index in [0.29, 0.717) is 22.2 Å². The summed E-state index contributed by atoms with van der Waals surface area (Å²) in [4.78, 5) is 24.1. The normalized spacial score (nSPS) is 9.92. The molecular formula is C17H18ClN3O4. The summed E-state index contributed by atoms with van der Waals surface area (Å²) < 4.78 is 10.2. The van der Waals surface area contributed by atoms with E-state index in [1.54, 1.807) is 30.3 Å². The molecule has 132 valence electrons. The van der Waals surface area contributed by atoms with Crippen LogP contribution in [0.3, 0.4) is 0 Å². The van der Waals surface area contributed by atoms with Gasteiger partial charge in [0.15, 0.2) is 0 Å². The second-order valence-electron chi connectivity index (χ2n) is 5.06. The maximum atomic E-state index is 12.2. The molecule has 0 saturated carbocycles. The smallest absolute Gasteiger partial charge is 0.337 e. The predicted molar refractivity (Wildman–Crippen MR) is 95.4 cm³/mol. The molecule has 0 radical (unpaired) electrons. The Hall–Kier alpha value is -2.93. The number of anilines is 1. The summed E-state index contributed by atoms with van der Waals surface area (Å²) in [6.45, 7) is 1.86. The maximum Gasteiger partial charge on any atom is 0.337 e. The third kappa shape index (κ3) is 4.77. The van der Waals surface area contributed by atoms with Gasteiger partial charge in [0.25, 0.3) is 5.91 Å². The van der Waals surface area contributed by atoms with Gasteiger partial charge in [-0.25, -0.2) is 10.2 Å². The topological polar surface area (TPSA) is 88.7 Å². The van der Waals surface area contributed by atoms with Crippen molar-refractivity contribution in [2.75, 3.05) is 19.5 Å². The van der Waals surface area contributed by atoms with E-state index in [1.165, 1.54) is 20.3 Å². The van der Waals surface area contributed by atoms with E-state index >= 15 is 0 Å². The molecule has 0 spiro atoms. The SMILES string of the molecule is COc1ccc(C(=O)NNC(=O)Nc2ccc(C)c(Cl)c2)c(OC)c1. The highest BCUT2D eigenvalue weighted by atomic mass is 35.5. The van der Waals surface area contributed by atoms with Gasteiger partial charge in [-0.3, -0.25) is 10.2 Å². The van der Waals surface area contributed by atoms with Crippen molar-refractivity contribution in [2.24, 2.45) is 0 Å². The fourth-order valence-electron chi connectivity index (χ4n) is 2.00. The van der Waals surface area contributed by atoms with Crippen LogP contribution in [-0.4, -0.2) is 26.2 Å². The van der Waals surface area contributed by atoms with Crippen molar-refractivity contribution in [3.63, 3.8) is 0 Å². The molecule has 25 heavy (non-hydrogen) atoms. The quantitative estimate of drug-likeness (QED) is 0.728. The van der Waals surface area contributed by atoms with Crippen molar-refractivity contribution >= 4 is 29.2 Å². The molecule has 0 heterocycles. The summed E-state index contributed by atoms with van der Waals surface area (Å²) in [5.41, 5.74) is 6.22. The first-order valence-electron chi connectivity index (χ1n) is 7.30. The molecule has 8 heteroatoms. The number of benzene rings is 2. The van der Waals surface area contributed by atoms with Crippen molar-refractivity contribution in [2.45, 2.75) is 6.92 Å². The fraction of sp³-hybridized carbons (Fsp3) is 0.176. The minimum absolute atomic E-state index is 0.252. The third-order valence-electron chi connectivity index (χ3n) is 3.37. The van der Waals surface area contributed by atoms with Crippen LogP contribution in [0.15, 0.2) is 36.4 Å². The summed E-state index contributed by atoms with van der Waals surface area (Å²) >= 11 is 6.00. The highest BCUT2D eigenvalue weighted by Crippen LogP contribution is 2.24. The highest BCUT2D eigenvalue weighted by Gasteiger charge is 2.14. The van der Waals surface area contributed by atoms with Crippen LogP contribution in [0.2, 0.25) is 5.02 Å². The van der Waals surface area contributed by atoms with E-state index < -0.39 is 11.9 Å². The number of urea groups is 1. The Kier molecular flexibility index (Phi) is 6.08. The van der Waals surface area contributed by atoms with Gasteiger partial charge in [-0.1, -0.05) is 17.7 Å². The molecule has 0 fully saturated rings. The molecule has 0 atom stereocenters. The van der Waals surface area contributed by atoms with Gasteiger partial charge >= 0.3 is 6.03 Å². The molecule has 2 rings (SSSR count). The summed E-state index contributed by atoms with van der Waals surface area (Å²) in [6, 6.07) is 9.21. The lowest BCUT2D eigenvalue weighted by Crippen LogP contribution is -2.44. The zero-order valence-electron chi connectivity index (χ0n) is 14.0. The van der Waals surface area contributed by atoms with Crippen LogP contribution in [-0.2, 0) is 0 Å². The Morgan fingerprint density at radius 2 is 1.76 bits per heavy atom. The number of aryl methyl sites for hydroxylation is 1. The molecule has 0 aromatic heterocycles. The average Bonchev–Trinajstić information content (AvgIpc) is 2.62. The summed E-state index contributed by atoms with van der Waals surface area (Å²) in [6.07, 6.45) is 0. The van der Waals surface area contributed by atoms with E-state index in [4.69, 9.17) is 21.1 Å². The lowest BCUT2D eigenvalue weighted by atomic mass is 10.2. The van der Waals surface area contributed by atoms with Crippen molar-refractivity contribution in [3.8, 4) is 11.5 Å². The zero-order chi connectivity index (χ0) is 18.4. The average molecular weight is 364 g/mol. The molecule has 0 saturated heterocycles. The van der Waals surface area contributed by atoms with Gasteiger partial charge in [-0.05, 0) is 36.8 Å². The van der Waals surface area contributed by atoms with Crippen LogP contribution >= 0.6 is 11.6 Å². The summed E-state index contributed by atoms with van der Waals surface area (Å²) in [7, 11) is 2.95. The summed E-state index contributed by atoms with van der Waals surface area (Å²) in [5, 5.41) is 3.10. The van der Waals surface area contributed by atoms with E-state index in [-0.39, 0.29) is 5.56 Å². The molecule has 0 aliphatic rings. The highest BCUT2D eigenvalue weighted by molar-refractivity contribution is 6.31. The van der Waals surface area contributed by atoms with Gasteiger partial charge in [-0.15, -0.1) is 0 Å². The van der Waals surface area contributed by atoms with Gasteiger partial charge in [0.05, 0.1) is 19.8 Å². The lowest BCUT2D eigenvalue weighted by Gasteiger charge is -2.12. The van der Waals surface area contributed by atoms with Crippen LogP contribution in [0.5, 0.6) is 11.5 Å². The molecule has 7 nitrogen and oxygen atoms in total. The second-order valence-corrected chi connectivity index (χ2v) is 5.47. The Morgan fingerprint density at radius 1 is 1.00 bits per heavy atom. The maximum absolute atomic E-state index is 12.2. The largest absolute Gasteiger partial charge is 0.497 e. The van der Waals surface area contributed by atoms with Crippen LogP contribution < -0.4 is 25.6 Å². The third-order valence-corrected chi connectivity index (χ3v) is 3.78. The lowest BCUT2D eigenvalue weighted by molar-refractivity contribution is 0.0935. The molecular weight excluding hydrogens is 346 g/mol. The van der Waals surface area contributed by atoms with Crippen LogP contribution in [0, 0.1) is 6.92 Å². The standard InChI is InChI=1S/C17H18ClN3O4/c1-10-4-5-11(8-14(10)18)19-17(23)21-20-16(22)13-7-6-12(24-2)9-15(13)25-3/h4-9H,1-3H3,(H,20,22)(H2,19,21,23). The fourth-order valence-corrected chi connectivity index (χ4v) is 2.18. The first kappa shape index (κ1) is 18.4. The van der Waals surface area contributed by atoms with E-state index in [1.807, 2.05) is 6.92 Å². The number of hydrogen-bond acceptors (Lipinski definition) is 4. The number of rotatable bonds is 4. The van der Waals surface area contributed by atoms with Gasteiger partial charge in [0.1, 0.15) is 11.5 Å². The van der Waals surface area contributed by atoms with E-state index in [0.717, 1.165) is 5.56 Å². The minimum atomic E-state index is -0.610. The molecule has 0 aliphatic carbocycles. The number of methoxy groups -OCH3 is 2. The number of carbonyl (C=O) groups is 2. The van der Waals surface area contributed by atoms with Crippen molar-refractivity contribution in [3.05, 3.63) is 52.5 Å². The molecule has 0 aliphatic heterocycles. The molecule has 0 bridgehead atoms. The first-order chi connectivity index (χ1) is 11.9. The number of hydrogen-bond donors (Lipinski definition) is 3. The molecule has 3 amide bonds. The Labute approximate surface area is 150 Å². The minimum Gasteiger partial charge on any atom is -0.497 e. The van der Waals surface area contributed by atoms with Crippen LogP contribution in [0.1, 0.15) is 15.9 Å². The number of ether oxygens (including phenoxy) is 2. The van der Waals surface area contributed by atoms with Gasteiger partial charge in [0, 0.05) is 16.8 Å². The first-order valence-corrected chi connectivity index (χ1v) is 7.68. The molecule has 3 N–H and O–H groups in total. The van der Waals surface area contributed by atoms with Crippen LogP contribution in [0.25, 0.3) is 0 Å². The Morgan fingerprint density at radius 3 is 2.40 bits per heavy atom. The second kappa shape index (κ2) is 8.25. The van der Waals surface area contributed by atoms with Crippen molar-refractivity contribution in [1.29, 1.82) is 0 Å². The Balaban J connectivity index is 1.97. The molecule has 2 aromatic rings. The number of carbonyl (C=O) groups excluding carboxylic acids is 2. The summed E-state index contributed by atoms with van der Waals surface area (Å²) in [5.74, 6) is 0.344. The zero-order valence-corrected chi connectivity index (χ0v) is 14.7. The van der Waals surface area contributed by atoms with Gasteiger partial charge in [0.2, 0.25) is 0 Å². The van der Waals surface area contributed by atoms with Crippen molar-refractivity contribution in [1.82, 2.24) is 10.9 Å². The number of nitrogens with one attached hydrogen (secondary N) is 3. The molecule has 0 unspecified atom stereocenters. The van der Waals surface area contributed by atoms with E-state index in [9.17, 15) is 9.59 Å². The van der Waals surface area contributed by atoms with E-state index in [2.05, 4.69) is 16.2 Å². The van der Waals surface area contributed by atoms with Gasteiger partial charge in [-0.2, -0.15) is 0 Å². The monoisotopic (exact) mass is 363 g/mol. The Bertz CT molecular complexity index is 795. The van der Waals surface area contributed by atoms with Gasteiger partial charge < -0.3 is 14.8 Å². The number of hydrazine groups is 1. The van der Waals surface area contributed by atoms with Crippen LogP contribution in [0.4, 0.5) is 10.5 Å². The molecule has 2 aromatic carbocycles. The van der Waals surface area contributed by atoms with Crippen molar-refractivity contribution < 1.29 is 19.1 Å². The number of amides is 3. The number of halogens is 1.